The molecular weight excluding hydrogens is 300 g/mol. The summed E-state index contributed by atoms with van der Waals surface area (Å²) in [5.41, 5.74) is 1.12. The zero-order valence-electron chi connectivity index (χ0n) is 11.9. The van der Waals surface area contributed by atoms with Gasteiger partial charge in [0.2, 0.25) is 5.13 Å². The Labute approximate surface area is 131 Å². The number of hydroxylamine groups is 1. The van der Waals surface area contributed by atoms with E-state index in [1.54, 1.807) is 24.1 Å². The molecule has 112 valence electrons. The van der Waals surface area contributed by atoms with E-state index in [0.717, 1.165) is 12.1 Å². The van der Waals surface area contributed by atoms with Crippen LogP contribution in [0.2, 0.25) is 0 Å². The molecule has 3 rings (SSSR count). The number of nitrogens with zero attached hydrogens (tertiary/aromatic N) is 4. The van der Waals surface area contributed by atoms with E-state index in [2.05, 4.69) is 9.97 Å². The number of benzene rings is 1. The monoisotopic (exact) mass is 314 g/mol. The van der Waals surface area contributed by atoms with Crippen molar-refractivity contribution in [3.05, 3.63) is 60.1 Å². The zero-order chi connectivity index (χ0) is 15.4. The van der Waals surface area contributed by atoms with Crippen LogP contribution < -0.4 is 9.90 Å². The number of carbonyl (C=O) groups excluding carboxylic acids is 1. The fourth-order valence-corrected chi connectivity index (χ4v) is 2.53. The van der Waals surface area contributed by atoms with Gasteiger partial charge in [-0.2, -0.15) is 0 Å². The second kappa shape index (κ2) is 6.40. The van der Waals surface area contributed by atoms with Gasteiger partial charge in [0.25, 0.3) is 5.91 Å². The van der Waals surface area contributed by atoms with Crippen molar-refractivity contribution in [2.24, 2.45) is 0 Å². The average molecular weight is 314 g/mol. The van der Waals surface area contributed by atoms with Gasteiger partial charge in [-0.1, -0.05) is 12.1 Å². The molecule has 0 saturated carbocycles. The summed E-state index contributed by atoms with van der Waals surface area (Å²) in [4.78, 5) is 25.4. The summed E-state index contributed by atoms with van der Waals surface area (Å²) in [5, 5.41) is 3.49. The van der Waals surface area contributed by atoms with Gasteiger partial charge in [0.1, 0.15) is 0 Å². The predicted octanol–water partition coefficient (Wildman–Crippen LogP) is 2.73. The first-order valence-electron chi connectivity index (χ1n) is 6.65. The molecule has 2 aromatic heterocycles. The Morgan fingerprint density at radius 1 is 1.32 bits per heavy atom. The average Bonchev–Trinajstić information content (AvgIpc) is 3.19. The summed E-state index contributed by atoms with van der Waals surface area (Å²) in [6.45, 7) is 2.18. The Hall–Kier alpha value is -2.67. The number of amides is 1. The number of imidazole rings is 1. The highest BCUT2D eigenvalue weighted by Gasteiger charge is 2.16. The zero-order valence-corrected chi connectivity index (χ0v) is 12.7. The maximum Gasteiger partial charge on any atom is 0.259 e. The third-order valence-corrected chi connectivity index (χ3v) is 3.66. The number of rotatable bonds is 5. The summed E-state index contributed by atoms with van der Waals surface area (Å²) in [6.07, 6.45) is 7.05. The van der Waals surface area contributed by atoms with Gasteiger partial charge < -0.3 is 9.40 Å². The molecule has 7 heteroatoms. The van der Waals surface area contributed by atoms with Crippen LogP contribution in [0.25, 0.3) is 0 Å². The van der Waals surface area contributed by atoms with Crippen LogP contribution in [-0.4, -0.2) is 20.4 Å². The Kier molecular flexibility index (Phi) is 4.15. The fourth-order valence-electron chi connectivity index (χ4n) is 1.91. The standard InChI is InChI=1S/C15H14N4O2S/c1-12(20)19(15-17-7-9-22-15)21-14-4-2-13(3-5-14)10-18-8-6-16-11-18/h2-9,11H,10H2,1H3. The van der Waals surface area contributed by atoms with Gasteiger partial charge in [-0.15, -0.1) is 16.4 Å². The first-order valence-corrected chi connectivity index (χ1v) is 7.53. The van der Waals surface area contributed by atoms with Gasteiger partial charge in [0.05, 0.1) is 6.33 Å². The SMILES string of the molecule is CC(=O)N(Oc1ccc(Cn2ccnc2)cc1)c1nccs1. The molecular formula is C15H14N4O2S. The van der Waals surface area contributed by atoms with Crippen LogP contribution in [0.5, 0.6) is 5.75 Å². The van der Waals surface area contributed by atoms with E-state index >= 15 is 0 Å². The van der Waals surface area contributed by atoms with Crippen LogP contribution in [0.1, 0.15) is 12.5 Å². The maximum absolute atomic E-state index is 11.7. The lowest BCUT2D eigenvalue weighted by molar-refractivity contribution is -0.120. The van der Waals surface area contributed by atoms with Crippen LogP contribution >= 0.6 is 11.3 Å². The molecule has 0 N–H and O–H groups in total. The molecule has 3 aromatic rings. The van der Waals surface area contributed by atoms with E-state index in [9.17, 15) is 4.79 Å². The Morgan fingerprint density at radius 3 is 2.73 bits per heavy atom. The molecule has 1 amide bonds. The second-order valence-electron chi connectivity index (χ2n) is 4.60. The molecule has 22 heavy (non-hydrogen) atoms. The second-order valence-corrected chi connectivity index (χ2v) is 5.47. The molecule has 1 aromatic carbocycles. The van der Waals surface area contributed by atoms with Crippen molar-refractivity contribution in [2.45, 2.75) is 13.5 Å². The Morgan fingerprint density at radius 2 is 2.14 bits per heavy atom. The molecule has 0 radical (unpaired) electrons. The summed E-state index contributed by atoms with van der Waals surface area (Å²) in [7, 11) is 0. The molecule has 0 spiro atoms. The maximum atomic E-state index is 11.7. The van der Waals surface area contributed by atoms with Crippen molar-refractivity contribution >= 4 is 22.4 Å². The number of hydrogen-bond donors (Lipinski definition) is 0. The normalized spacial score (nSPS) is 10.4. The topological polar surface area (TPSA) is 60.2 Å². The predicted molar refractivity (Wildman–Crippen MR) is 83.7 cm³/mol. The van der Waals surface area contributed by atoms with Crippen LogP contribution in [0.3, 0.4) is 0 Å². The quantitative estimate of drug-likeness (QED) is 0.679. The lowest BCUT2D eigenvalue weighted by atomic mass is 10.2. The van der Waals surface area contributed by atoms with Gasteiger partial charge >= 0.3 is 0 Å². The van der Waals surface area contributed by atoms with Crippen molar-refractivity contribution in [1.29, 1.82) is 0 Å². The molecule has 0 aliphatic carbocycles. The van der Waals surface area contributed by atoms with Crippen LogP contribution in [-0.2, 0) is 11.3 Å². The fraction of sp³-hybridized carbons (Fsp3) is 0.133. The molecule has 0 bridgehead atoms. The number of anilines is 1. The van der Waals surface area contributed by atoms with Crippen LogP contribution in [0.15, 0.2) is 54.6 Å². The van der Waals surface area contributed by atoms with E-state index in [-0.39, 0.29) is 5.91 Å². The van der Waals surface area contributed by atoms with E-state index in [1.807, 2.05) is 35.0 Å². The lowest BCUT2D eigenvalue weighted by Gasteiger charge is -2.18. The summed E-state index contributed by atoms with van der Waals surface area (Å²) in [6, 6.07) is 7.57. The summed E-state index contributed by atoms with van der Waals surface area (Å²) >= 11 is 1.34. The van der Waals surface area contributed by atoms with E-state index in [0.29, 0.717) is 10.9 Å². The molecule has 0 aliphatic heterocycles. The first-order chi connectivity index (χ1) is 10.7. The van der Waals surface area contributed by atoms with E-state index < -0.39 is 0 Å². The Balaban J connectivity index is 1.71. The third kappa shape index (κ3) is 3.32. The van der Waals surface area contributed by atoms with Gasteiger partial charge in [-0.3, -0.25) is 4.79 Å². The summed E-state index contributed by atoms with van der Waals surface area (Å²) < 4.78 is 1.98. The minimum absolute atomic E-state index is 0.225. The third-order valence-electron chi connectivity index (χ3n) is 2.92. The minimum atomic E-state index is -0.225. The van der Waals surface area contributed by atoms with Gasteiger partial charge in [0, 0.05) is 37.4 Å². The van der Waals surface area contributed by atoms with Crippen molar-refractivity contribution < 1.29 is 9.63 Å². The Bertz CT molecular complexity index is 724. The molecule has 0 fully saturated rings. The lowest BCUT2D eigenvalue weighted by Crippen LogP contribution is -2.31. The molecule has 2 heterocycles. The number of hydrogen-bond acceptors (Lipinski definition) is 5. The highest BCUT2D eigenvalue weighted by Crippen LogP contribution is 2.21. The first kappa shape index (κ1) is 14.3. The number of aromatic nitrogens is 3. The van der Waals surface area contributed by atoms with Crippen LogP contribution in [0, 0.1) is 0 Å². The molecule has 0 saturated heterocycles. The van der Waals surface area contributed by atoms with Crippen molar-refractivity contribution in [2.75, 3.05) is 5.06 Å². The number of thiazole rings is 1. The largest absolute Gasteiger partial charge is 0.370 e. The molecule has 0 atom stereocenters. The van der Waals surface area contributed by atoms with Gasteiger partial charge in [0.15, 0.2) is 5.75 Å². The van der Waals surface area contributed by atoms with Gasteiger partial charge in [-0.25, -0.2) is 9.97 Å². The minimum Gasteiger partial charge on any atom is -0.370 e. The highest BCUT2D eigenvalue weighted by molar-refractivity contribution is 7.13. The molecule has 0 unspecified atom stereocenters. The van der Waals surface area contributed by atoms with E-state index in [1.165, 1.54) is 23.3 Å². The smallest absolute Gasteiger partial charge is 0.259 e. The molecule has 6 nitrogen and oxygen atoms in total. The summed E-state index contributed by atoms with van der Waals surface area (Å²) in [5.74, 6) is 0.359. The van der Waals surface area contributed by atoms with Crippen LogP contribution in [0.4, 0.5) is 5.13 Å². The van der Waals surface area contributed by atoms with Gasteiger partial charge in [-0.05, 0) is 17.7 Å². The number of carbonyl (C=O) groups is 1. The highest BCUT2D eigenvalue weighted by atomic mass is 32.1. The van der Waals surface area contributed by atoms with Crippen molar-refractivity contribution in [3.63, 3.8) is 0 Å². The van der Waals surface area contributed by atoms with E-state index in [4.69, 9.17) is 4.84 Å². The van der Waals surface area contributed by atoms with Crippen molar-refractivity contribution in [1.82, 2.24) is 14.5 Å². The van der Waals surface area contributed by atoms with Crippen molar-refractivity contribution in [3.8, 4) is 5.75 Å². The molecule has 0 aliphatic rings.